The van der Waals surface area contributed by atoms with Crippen LogP contribution in [0.4, 0.5) is 35.1 Å². The van der Waals surface area contributed by atoms with Gasteiger partial charge in [0.25, 0.3) is 10.1 Å². The lowest BCUT2D eigenvalue weighted by Gasteiger charge is -2.17. The molecule has 0 aromatic heterocycles. The maximum atomic E-state index is 15.6. The predicted octanol–water partition coefficient (Wildman–Crippen LogP) is 12.8. The molecule has 0 bridgehead atoms. The van der Waals surface area contributed by atoms with Gasteiger partial charge in [-0.05, 0) is 97.4 Å². The van der Waals surface area contributed by atoms with Crippen LogP contribution in [0.25, 0.3) is 22.3 Å². The minimum Gasteiger partial charge on any atom is -0.497 e. The number of benzene rings is 7. The van der Waals surface area contributed by atoms with E-state index in [9.17, 15) is 13.0 Å². The first-order valence-electron chi connectivity index (χ1n) is 18.0. The molecule has 63 heavy (non-hydrogen) atoms. The zero-order valence-electron chi connectivity index (χ0n) is 32.2. The topological polar surface area (TPSA) is 101 Å². The van der Waals surface area contributed by atoms with Crippen LogP contribution in [0.3, 0.4) is 0 Å². The summed E-state index contributed by atoms with van der Waals surface area (Å²) in [5.41, 5.74) is -1.91. The molecule has 0 aliphatic carbocycles. The van der Waals surface area contributed by atoms with Gasteiger partial charge in [-0.2, -0.15) is 26.0 Å². The molecule has 0 aliphatic heterocycles. The molecule has 0 atom stereocenters. The molecule has 0 unspecified atom stereocenters. The molecule has 17 heteroatoms. The van der Waals surface area contributed by atoms with Gasteiger partial charge in [-0.1, -0.05) is 29.7 Å². The third kappa shape index (κ3) is 8.80. The molecule has 0 amide bonds. The summed E-state index contributed by atoms with van der Waals surface area (Å²) >= 11 is 0. The molecule has 0 saturated carbocycles. The molecule has 0 aliphatic rings. The Balaban J connectivity index is 1.18. The second kappa shape index (κ2) is 17.4. The number of aryl methyl sites for hydroxylation is 1. The molecule has 0 saturated heterocycles. The van der Waals surface area contributed by atoms with Crippen LogP contribution < -0.4 is 23.7 Å². The molecular weight excluding hydrogens is 865 g/mol. The lowest BCUT2D eigenvalue weighted by atomic mass is 10.0. The number of ether oxygens (including phenoxy) is 5. The van der Waals surface area contributed by atoms with Gasteiger partial charge in [0.1, 0.15) is 45.1 Å². The Morgan fingerprint density at radius 2 is 0.952 bits per heavy atom. The SMILES string of the molecule is C#Cc1ccc(-c2cc(C)ccc2Oc2ccc(Oc3c(F)c(F)c(-c4c(F)c(F)c(Oc5ccc(Oc6ccc(OC)cc6)cc5)c(F)c4F)c(F)c3F)c(S(=O)(=O)O)c2)cc1. The van der Waals surface area contributed by atoms with E-state index in [1.54, 1.807) is 73.7 Å². The highest BCUT2D eigenvalue weighted by Crippen LogP contribution is 2.45. The van der Waals surface area contributed by atoms with Crippen molar-refractivity contribution < 1.29 is 71.8 Å². The highest BCUT2D eigenvalue weighted by atomic mass is 32.2. The summed E-state index contributed by atoms with van der Waals surface area (Å²) in [4.78, 5) is -1.22. The Kier molecular flexibility index (Phi) is 12.1. The van der Waals surface area contributed by atoms with Crippen LogP contribution in [-0.4, -0.2) is 20.1 Å². The number of hydrogen-bond acceptors (Lipinski definition) is 7. The normalized spacial score (nSPS) is 11.2. The number of methoxy groups -OCH3 is 1. The fraction of sp³-hybridized carbons (Fsp3) is 0.0435. The van der Waals surface area contributed by atoms with E-state index in [1.165, 1.54) is 19.2 Å². The molecule has 0 fully saturated rings. The van der Waals surface area contributed by atoms with Crippen LogP contribution in [-0.2, 0) is 10.1 Å². The summed E-state index contributed by atoms with van der Waals surface area (Å²) in [5, 5.41) is 0. The molecule has 7 aromatic carbocycles. The largest absolute Gasteiger partial charge is 0.497 e. The van der Waals surface area contributed by atoms with Crippen LogP contribution in [0.15, 0.2) is 114 Å². The summed E-state index contributed by atoms with van der Waals surface area (Å²) in [6, 6.07) is 25.2. The van der Waals surface area contributed by atoms with E-state index in [0.29, 0.717) is 40.3 Å². The van der Waals surface area contributed by atoms with Crippen molar-refractivity contribution in [2.24, 2.45) is 0 Å². The van der Waals surface area contributed by atoms with E-state index in [1.807, 2.05) is 0 Å². The minimum absolute atomic E-state index is 0.165. The van der Waals surface area contributed by atoms with Gasteiger partial charge in [0.15, 0.2) is 23.3 Å². The average molecular weight is 891 g/mol. The molecule has 320 valence electrons. The Bertz CT molecular complexity index is 3010. The molecular formula is C46H26F8O8S. The summed E-state index contributed by atoms with van der Waals surface area (Å²) in [7, 11) is -3.90. The smallest absolute Gasteiger partial charge is 0.298 e. The van der Waals surface area contributed by atoms with Crippen molar-refractivity contribution in [3.63, 3.8) is 0 Å². The van der Waals surface area contributed by atoms with Crippen molar-refractivity contribution >= 4 is 10.1 Å². The number of terminal acetylenes is 1. The van der Waals surface area contributed by atoms with Crippen LogP contribution in [0.2, 0.25) is 0 Å². The quantitative estimate of drug-likeness (QED) is 0.0560. The van der Waals surface area contributed by atoms with Gasteiger partial charge in [0.05, 0.1) is 18.2 Å². The van der Waals surface area contributed by atoms with E-state index in [0.717, 1.165) is 23.8 Å². The fourth-order valence-electron chi connectivity index (χ4n) is 6.09. The van der Waals surface area contributed by atoms with E-state index < -0.39 is 95.7 Å². The number of rotatable bonds is 12. The van der Waals surface area contributed by atoms with Gasteiger partial charge >= 0.3 is 0 Å². The molecule has 7 aromatic rings. The second-order valence-electron chi connectivity index (χ2n) is 13.3. The van der Waals surface area contributed by atoms with E-state index in [4.69, 9.17) is 30.1 Å². The van der Waals surface area contributed by atoms with Gasteiger partial charge in [0.2, 0.25) is 34.8 Å². The van der Waals surface area contributed by atoms with Crippen molar-refractivity contribution in [1.82, 2.24) is 0 Å². The first-order chi connectivity index (χ1) is 30.0. The maximum absolute atomic E-state index is 15.6. The molecule has 7 rings (SSSR count). The van der Waals surface area contributed by atoms with Crippen LogP contribution >= 0.6 is 0 Å². The standard InChI is InChI=1S/C46H26F8O8S/c1-4-24-6-8-25(9-7-24)31-21-23(2)5-19-32(31)60-30-18-20-33(34(22-30)63(55,56)57)62-46-43(53)39(49)36(40(50)44(46)54)35-37(47)41(51)45(42(52)38(35)48)61-29-16-14-28(15-17-29)59-27-12-10-26(58-3)11-13-27/h1,5-22H,2-3H3,(H,55,56,57). The third-order valence-corrected chi connectivity index (χ3v) is 10.0. The zero-order valence-corrected chi connectivity index (χ0v) is 33.0. The van der Waals surface area contributed by atoms with Crippen molar-refractivity contribution in [2.45, 2.75) is 11.8 Å². The molecule has 0 heterocycles. The van der Waals surface area contributed by atoms with Crippen molar-refractivity contribution in [3.8, 4) is 86.3 Å². The summed E-state index contributed by atoms with van der Waals surface area (Å²) in [5.74, 6) is -21.8. The van der Waals surface area contributed by atoms with E-state index >= 15 is 35.1 Å². The van der Waals surface area contributed by atoms with Gasteiger partial charge in [-0.3, -0.25) is 4.55 Å². The van der Waals surface area contributed by atoms with Gasteiger partial charge < -0.3 is 23.7 Å². The minimum atomic E-state index is -5.37. The zero-order chi connectivity index (χ0) is 45.3. The number of hydrogen-bond donors (Lipinski definition) is 1. The maximum Gasteiger partial charge on any atom is 0.298 e. The monoisotopic (exact) mass is 890 g/mol. The highest BCUT2D eigenvalue weighted by molar-refractivity contribution is 7.86. The predicted molar refractivity (Wildman–Crippen MR) is 212 cm³/mol. The Morgan fingerprint density at radius 1 is 0.508 bits per heavy atom. The van der Waals surface area contributed by atoms with Crippen molar-refractivity contribution in [2.75, 3.05) is 7.11 Å². The molecule has 0 radical (unpaired) electrons. The van der Waals surface area contributed by atoms with Gasteiger partial charge in [-0.15, -0.1) is 6.42 Å². The first-order valence-corrected chi connectivity index (χ1v) is 19.4. The van der Waals surface area contributed by atoms with Gasteiger partial charge in [-0.25, -0.2) is 17.6 Å². The summed E-state index contributed by atoms with van der Waals surface area (Å²) in [6.07, 6.45) is 5.44. The third-order valence-electron chi connectivity index (χ3n) is 9.17. The van der Waals surface area contributed by atoms with Crippen LogP contribution in [0.5, 0.6) is 51.7 Å². The molecule has 1 N–H and O–H groups in total. The molecule has 0 spiro atoms. The lowest BCUT2D eigenvalue weighted by molar-refractivity contribution is 0.356. The van der Waals surface area contributed by atoms with E-state index in [2.05, 4.69) is 5.92 Å². The highest BCUT2D eigenvalue weighted by Gasteiger charge is 2.36. The van der Waals surface area contributed by atoms with Gasteiger partial charge in [0, 0.05) is 17.2 Å². The Morgan fingerprint density at radius 3 is 1.43 bits per heavy atom. The summed E-state index contributed by atoms with van der Waals surface area (Å²) < 4.78 is 185. The van der Waals surface area contributed by atoms with Crippen LogP contribution in [0, 0.1) is 65.8 Å². The van der Waals surface area contributed by atoms with Crippen LogP contribution in [0.1, 0.15) is 11.1 Å². The Hall–Kier alpha value is -7.55. The Labute approximate surface area is 353 Å². The summed E-state index contributed by atoms with van der Waals surface area (Å²) in [6.45, 7) is 1.79. The average Bonchev–Trinajstić information content (AvgIpc) is 3.28. The molecule has 8 nitrogen and oxygen atoms in total. The lowest BCUT2D eigenvalue weighted by Crippen LogP contribution is -2.10. The van der Waals surface area contributed by atoms with E-state index in [-0.39, 0.29) is 17.2 Å². The number of halogens is 8. The second-order valence-corrected chi connectivity index (χ2v) is 14.7. The van der Waals surface area contributed by atoms with Crippen molar-refractivity contribution in [1.29, 1.82) is 0 Å². The van der Waals surface area contributed by atoms with Crippen molar-refractivity contribution in [3.05, 3.63) is 167 Å². The first kappa shape index (κ1) is 43.5. The fourth-order valence-corrected chi connectivity index (χ4v) is 6.72.